The average Bonchev–Trinajstić information content (AvgIpc) is 2.33. The second-order valence-corrected chi connectivity index (χ2v) is 2.98. The molecule has 1 unspecified atom stereocenters. The lowest BCUT2D eigenvalue weighted by Crippen LogP contribution is -2.49. The van der Waals surface area contributed by atoms with E-state index in [1.54, 1.807) is 17.3 Å². The minimum absolute atomic E-state index is 0.361. The number of hydrogen-bond donors (Lipinski definition) is 1. The van der Waals surface area contributed by atoms with Crippen LogP contribution in [0.15, 0.2) is 12.3 Å². The summed E-state index contributed by atoms with van der Waals surface area (Å²) in [4.78, 5) is 11.0. The highest BCUT2D eigenvalue weighted by Crippen LogP contribution is 2.20. The van der Waals surface area contributed by atoms with Gasteiger partial charge in [0.05, 0.1) is 0 Å². The van der Waals surface area contributed by atoms with Crippen LogP contribution in [0.3, 0.4) is 0 Å². The summed E-state index contributed by atoms with van der Waals surface area (Å²) >= 11 is 5.43. The quantitative estimate of drug-likeness (QED) is 0.631. The van der Waals surface area contributed by atoms with Crippen LogP contribution in [-0.2, 0) is 4.79 Å². The van der Waals surface area contributed by atoms with Gasteiger partial charge in [-0.1, -0.05) is 6.92 Å². The first-order valence-corrected chi connectivity index (χ1v) is 3.88. The van der Waals surface area contributed by atoms with E-state index in [-0.39, 0.29) is 5.24 Å². The van der Waals surface area contributed by atoms with Crippen molar-refractivity contribution in [3.8, 4) is 0 Å². The predicted molar refractivity (Wildman–Crippen MR) is 43.9 cm³/mol. The molecule has 1 aliphatic rings. The average molecular weight is 175 g/mol. The van der Waals surface area contributed by atoms with Gasteiger partial charge in [-0.15, -0.1) is 0 Å². The first-order chi connectivity index (χ1) is 5.10. The second-order valence-electron chi connectivity index (χ2n) is 2.64. The van der Waals surface area contributed by atoms with E-state index in [1.807, 2.05) is 14.0 Å². The van der Waals surface area contributed by atoms with Crippen molar-refractivity contribution in [1.82, 2.24) is 10.4 Å². The molecule has 0 saturated heterocycles. The Morgan fingerprint density at radius 1 is 1.82 bits per heavy atom. The van der Waals surface area contributed by atoms with Crippen molar-refractivity contribution >= 4 is 16.8 Å². The van der Waals surface area contributed by atoms with Crippen LogP contribution in [0.4, 0.5) is 0 Å². The van der Waals surface area contributed by atoms with Gasteiger partial charge in [-0.3, -0.25) is 4.79 Å². The van der Waals surface area contributed by atoms with E-state index in [4.69, 9.17) is 11.6 Å². The van der Waals surface area contributed by atoms with Crippen molar-refractivity contribution < 1.29 is 4.79 Å². The van der Waals surface area contributed by atoms with E-state index in [0.717, 1.165) is 0 Å². The van der Waals surface area contributed by atoms with Crippen molar-refractivity contribution in [2.45, 2.75) is 18.9 Å². The highest BCUT2D eigenvalue weighted by molar-refractivity contribution is 6.66. The Hall–Kier alpha value is -0.540. The number of nitrogens with zero attached hydrogens (tertiary/aromatic N) is 1. The molecule has 62 valence electrons. The van der Waals surface area contributed by atoms with E-state index in [0.29, 0.717) is 6.42 Å². The van der Waals surface area contributed by atoms with Gasteiger partial charge in [0.2, 0.25) is 5.24 Å². The molecule has 0 saturated carbocycles. The third-order valence-electron chi connectivity index (χ3n) is 1.87. The normalized spacial score (nSPS) is 29.5. The van der Waals surface area contributed by atoms with Crippen LogP contribution in [-0.4, -0.2) is 22.8 Å². The SMILES string of the molecule is CCC1(C(=O)Cl)C=CN(C)N1. The lowest BCUT2D eigenvalue weighted by molar-refractivity contribution is -0.116. The topological polar surface area (TPSA) is 32.3 Å². The van der Waals surface area contributed by atoms with Crippen molar-refractivity contribution in [3.63, 3.8) is 0 Å². The van der Waals surface area contributed by atoms with E-state index >= 15 is 0 Å². The summed E-state index contributed by atoms with van der Waals surface area (Å²) in [5, 5.41) is 1.37. The predicted octanol–water partition coefficient (Wildman–Crippen LogP) is 0.864. The molecule has 1 rings (SSSR count). The van der Waals surface area contributed by atoms with Gasteiger partial charge in [-0.05, 0) is 24.1 Å². The molecule has 0 fully saturated rings. The standard InChI is InChI=1S/C7H11ClN2O/c1-3-7(6(8)11)4-5-10(2)9-7/h4-5,9H,3H2,1-2H3. The smallest absolute Gasteiger partial charge is 0.247 e. The molecule has 0 spiro atoms. The molecular formula is C7H11ClN2O. The lowest BCUT2D eigenvalue weighted by atomic mass is 10.0. The molecule has 3 nitrogen and oxygen atoms in total. The summed E-state index contributed by atoms with van der Waals surface area (Å²) in [6, 6.07) is 0. The molecule has 0 amide bonds. The number of nitrogens with one attached hydrogen (secondary N) is 1. The summed E-state index contributed by atoms with van der Waals surface area (Å²) < 4.78 is 0. The molecule has 0 aliphatic carbocycles. The molecule has 0 aromatic heterocycles. The van der Waals surface area contributed by atoms with E-state index in [1.165, 1.54) is 0 Å². The largest absolute Gasteiger partial charge is 0.318 e. The lowest BCUT2D eigenvalue weighted by Gasteiger charge is -2.24. The number of hydrazine groups is 1. The molecule has 1 N–H and O–H groups in total. The molecule has 0 aromatic carbocycles. The van der Waals surface area contributed by atoms with Crippen LogP contribution in [0.5, 0.6) is 0 Å². The zero-order valence-electron chi connectivity index (χ0n) is 6.60. The maximum atomic E-state index is 11.0. The Balaban J connectivity index is 2.80. The molecule has 11 heavy (non-hydrogen) atoms. The summed E-state index contributed by atoms with van der Waals surface area (Å²) in [6.07, 6.45) is 4.24. The summed E-state index contributed by atoms with van der Waals surface area (Å²) in [7, 11) is 1.83. The molecule has 0 radical (unpaired) electrons. The van der Waals surface area contributed by atoms with Gasteiger partial charge in [0, 0.05) is 13.2 Å². The number of hydrogen-bond acceptors (Lipinski definition) is 3. The maximum absolute atomic E-state index is 11.0. The van der Waals surface area contributed by atoms with Crippen LogP contribution in [0, 0.1) is 0 Å². The van der Waals surface area contributed by atoms with Gasteiger partial charge in [0.15, 0.2) is 0 Å². The Morgan fingerprint density at radius 3 is 2.64 bits per heavy atom. The minimum Gasteiger partial charge on any atom is -0.318 e. The van der Waals surface area contributed by atoms with Crippen LogP contribution in [0.2, 0.25) is 0 Å². The first kappa shape index (κ1) is 8.56. The first-order valence-electron chi connectivity index (χ1n) is 3.50. The Labute approximate surface area is 71.0 Å². The zero-order valence-corrected chi connectivity index (χ0v) is 7.35. The molecule has 1 heterocycles. The number of carbonyl (C=O) groups excluding carboxylic acids is 1. The van der Waals surface area contributed by atoms with Gasteiger partial charge < -0.3 is 5.01 Å². The fourth-order valence-electron chi connectivity index (χ4n) is 1.07. The van der Waals surface area contributed by atoms with Crippen LogP contribution in [0.1, 0.15) is 13.3 Å². The highest BCUT2D eigenvalue weighted by atomic mass is 35.5. The Morgan fingerprint density at radius 2 is 2.45 bits per heavy atom. The number of halogens is 1. The Kier molecular flexibility index (Phi) is 2.20. The summed E-state index contributed by atoms with van der Waals surface area (Å²) in [5.74, 6) is 0. The number of rotatable bonds is 2. The van der Waals surface area contributed by atoms with Gasteiger partial charge in [0.25, 0.3) is 0 Å². The fourth-order valence-corrected chi connectivity index (χ4v) is 1.31. The van der Waals surface area contributed by atoms with E-state index in [2.05, 4.69) is 5.43 Å². The number of carbonyl (C=O) groups is 1. The van der Waals surface area contributed by atoms with Crippen molar-refractivity contribution in [3.05, 3.63) is 12.3 Å². The van der Waals surface area contributed by atoms with Gasteiger partial charge >= 0.3 is 0 Å². The fraction of sp³-hybridized carbons (Fsp3) is 0.571. The van der Waals surface area contributed by atoms with Gasteiger partial charge in [-0.25, -0.2) is 5.43 Å². The third-order valence-corrected chi connectivity index (χ3v) is 2.20. The van der Waals surface area contributed by atoms with Gasteiger partial charge in [0.1, 0.15) is 5.54 Å². The van der Waals surface area contributed by atoms with E-state index in [9.17, 15) is 4.79 Å². The highest BCUT2D eigenvalue weighted by Gasteiger charge is 2.36. The summed E-state index contributed by atoms with van der Waals surface area (Å²) in [6.45, 7) is 1.91. The second kappa shape index (κ2) is 2.83. The minimum atomic E-state index is -0.670. The molecule has 1 atom stereocenters. The van der Waals surface area contributed by atoms with E-state index < -0.39 is 5.54 Å². The molecule has 1 aliphatic heterocycles. The maximum Gasteiger partial charge on any atom is 0.247 e. The monoisotopic (exact) mass is 174 g/mol. The zero-order chi connectivity index (χ0) is 8.48. The van der Waals surface area contributed by atoms with Crippen molar-refractivity contribution in [1.29, 1.82) is 0 Å². The van der Waals surface area contributed by atoms with Crippen LogP contribution >= 0.6 is 11.6 Å². The molecule has 0 bridgehead atoms. The summed E-state index contributed by atoms with van der Waals surface area (Å²) in [5.41, 5.74) is 2.29. The third kappa shape index (κ3) is 1.39. The van der Waals surface area contributed by atoms with Crippen LogP contribution in [0.25, 0.3) is 0 Å². The molecular weight excluding hydrogens is 164 g/mol. The molecule has 4 heteroatoms. The van der Waals surface area contributed by atoms with Crippen molar-refractivity contribution in [2.24, 2.45) is 0 Å². The van der Waals surface area contributed by atoms with Crippen LogP contribution < -0.4 is 5.43 Å². The molecule has 0 aromatic rings. The van der Waals surface area contributed by atoms with Gasteiger partial charge in [-0.2, -0.15) is 0 Å². The van der Waals surface area contributed by atoms with Crippen molar-refractivity contribution in [2.75, 3.05) is 7.05 Å². The Bertz CT molecular complexity index is 205.